The average Bonchev–Trinajstić information content (AvgIpc) is 3.54. The van der Waals surface area contributed by atoms with Gasteiger partial charge < -0.3 is 29.6 Å². The maximum Gasteiger partial charge on any atom is 0.303 e. The molecule has 1 aliphatic heterocycles. The van der Waals surface area contributed by atoms with Gasteiger partial charge in [0, 0.05) is 31.4 Å². The Kier molecular flexibility index (Phi) is 11.5. The third kappa shape index (κ3) is 9.20. The lowest BCUT2D eigenvalue weighted by Gasteiger charge is -2.36. The van der Waals surface area contributed by atoms with E-state index in [2.05, 4.69) is 45.2 Å². The molecule has 1 fully saturated rings. The molecule has 0 saturated carbocycles. The summed E-state index contributed by atoms with van der Waals surface area (Å²) in [6.07, 6.45) is 5.37. The number of aliphatic carboxylic acids is 1. The van der Waals surface area contributed by atoms with Crippen LogP contribution in [0.1, 0.15) is 79.6 Å². The van der Waals surface area contributed by atoms with Gasteiger partial charge in [0.1, 0.15) is 0 Å². The largest absolute Gasteiger partial charge is 0.481 e. The Morgan fingerprint density at radius 2 is 1.55 bits per heavy atom. The zero-order valence-corrected chi connectivity index (χ0v) is 27.5. The van der Waals surface area contributed by atoms with Crippen LogP contribution in [0.3, 0.4) is 0 Å². The van der Waals surface area contributed by atoms with Crippen molar-refractivity contribution in [2.75, 3.05) is 0 Å². The monoisotopic (exact) mass is 661 g/mol. The summed E-state index contributed by atoms with van der Waals surface area (Å²) in [7, 11) is 0. The van der Waals surface area contributed by atoms with Gasteiger partial charge in [0.25, 0.3) is 0 Å². The number of aromatic nitrogens is 2. The minimum Gasteiger partial charge on any atom is -0.481 e. The highest BCUT2D eigenvalue weighted by Gasteiger charge is 2.32. The van der Waals surface area contributed by atoms with Gasteiger partial charge in [0.15, 0.2) is 6.29 Å². The lowest BCUT2D eigenvalue weighted by atomic mass is 9.99. The Morgan fingerprint density at radius 1 is 0.796 bits per heavy atom. The number of carbonyl (C=O) groups excluding carboxylic acids is 1. The summed E-state index contributed by atoms with van der Waals surface area (Å²) < 4.78 is 15.3. The molecule has 3 N–H and O–H groups in total. The molecule has 0 aliphatic carbocycles. The number of unbranched alkanes of at least 4 members (excludes halogenated alkanes) is 3. The molecule has 1 amide bonds. The number of carboxylic acids is 1. The van der Waals surface area contributed by atoms with Crippen LogP contribution in [0, 0.1) is 0 Å². The SMILES string of the molecule is O=C(O)CCCCCCC(=O)NCc1cccc(-c2ccc([C@@H]3O[C@H](Cn4cnc5ccccc54)C[C@H](c4ccc(CO)cc4)O3)cc2)c1. The highest BCUT2D eigenvalue weighted by molar-refractivity contribution is 5.76. The Bertz CT molecular complexity index is 1840. The number of carboxylic acid groups (broad SMARTS) is 1. The third-order valence-corrected chi connectivity index (χ3v) is 9.02. The quantitative estimate of drug-likeness (QED) is 0.0994. The van der Waals surface area contributed by atoms with E-state index in [-0.39, 0.29) is 31.1 Å². The molecule has 254 valence electrons. The third-order valence-electron chi connectivity index (χ3n) is 9.02. The number of fused-ring (bicyclic) bond motifs is 1. The van der Waals surface area contributed by atoms with Crippen LogP contribution in [0.5, 0.6) is 0 Å². The van der Waals surface area contributed by atoms with Crippen LogP contribution in [-0.2, 0) is 38.8 Å². The summed E-state index contributed by atoms with van der Waals surface area (Å²) >= 11 is 0. The second-order valence-corrected chi connectivity index (χ2v) is 12.6. The van der Waals surface area contributed by atoms with Crippen LogP contribution in [0.25, 0.3) is 22.2 Å². The summed E-state index contributed by atoms with van der Waals surface area (Å²) in [4.78, 5) is 27.6. The van der Waals surface area contributed by atoms with Gasteiger partial charge in [-0.25, -0.2) is 4.98 Å². The van der Waals surface area contributed by atoms with E-state index in [0.717, 1.165) is 63.7 Å². The molecule has 6 rings (SSSR count). The van der Waals surface area contributed by atoms with Crippen LogP contribution in [0.15, 0.2) is 103 Å². The molecule has 49 heavy (non-hydrogen) atoms. The molecule has 9 nitrogen and oxygen atoms in total. The van der Waals surface area contributed by atoms with Crippen molar-refractivity contribution in [3.8, 4) is 11.1 Å². The predicted molar refractivity (Wildman–Crippen MR) is 187 cm³/mol. The number of hydrogen-bond donors (Lipinski definition) is 3. The lowest BCUT2D eigenvalue weighted by molar-refractivity contribution is -0.252. The number of amides is 1. The van der Waals surface area contributed by atoms with Crippen LogP contribution in [-0.4, -0.2) is 37.7 Å². The molecule has 9 heteroatoms. The number of para-hydroxylation sites is 2. The molecule has 0 bridgehead atoms. The number of benzene rings is 4. The molecule has 1 aromatic heterocycles. The van der Waals surface area contributed by atoms with E-state index in [4.69, 9.17) is 14.6 Å². The van der Waals surface area contributed by atoms with Crippen molar-refractivity contribution in [2.24, 2.45) is 0 Å². The van der Waals surface area contributed by atoms with Crippen molar-refractivity contribution in [3.63, 3.8) is 0 Å². The van der Waals surface area contributed by atoms with E-state index < -0.39 is 12.3 Å². The Morgan fingerprint density at radius 3 is 2.33 bits per heavy atom. The van der Waals surface area contributed by atoms with Gasteiger partial charge in [-0.05, 0) is 58.9 Å². The van der Waals surface area contributed by atoms with E-state index in [9.17, 15) is 14.7 Å². The topological polar surface area (TPSA) is 123 Å². The van der Waals surface area contributed by atoms with Gasteiger partial charge in [0.2, 0.25) is 5.91 Å². The van der Waals surface area contributed by atoms with Gasteiger partial charge in [-0.15, -0.1) is 0 Å². The minimum absolute atomic E-state index is 0.00245. The van der Waals surface area contributed by atoms with Crippen molar-refractivity contribution >= 4 is 22.9 Å². The van der Waals surface area contributed by atoms with E-state index >= 15 is 0 Å². The summed E-state index contributed by atoms with van der Waals surface area (Å²) in [5.74, 6) is -0.772. The van der Waals surface area contributed by atoms with Gasteiger partial charge in [0.05, 0.1) is 42.7 Å². The van der Waals surface area contributed by atoms with Crippen LogP contribution < -0.4 is 5.32 Å². The number of aliphatic hydroxyl groups excluding tert-OH is 1. The number of ether oxygens (including phenoxy) is 2. The summed E-state index contributed by atoms with van der Waals surface area (Å²) in [5, 5.41) is 21.3. The van der Waals surface area contributed by atoms with E-state index in [1.165, 1.54) is 0 Å². The van der Waals surface area contributed by atoms with Crippen molar-refractivity contribution < 1.29 is 29.3 Å². The Hall–Kier alpha value is -4.83. The normalized spacial score (nSPS) is 17.6. The molecule has 4 aromatic carbocycles. The molecule has 0 unspecified atom stereocenters. The van der Waals surface area contributed by atoms with E-state index in [0.29, 0.717) is 32.4 Å². The predicted octanol–water partition coefficient (Wildman–Crippen LogP) is 7.48. The fourth-order valence-corrected chi connectivity index (χ4v) is 6.31. The van der Waals surface area contributed by atoms with Crippen molar-refractivity contribution in [3.05, 3.63) is 126 Å². The zero-order valence-electron chi connectivity index (χ0n) is 27.5. The second kappa shape index (κ2) is 16.5. The molecule has 1 saturated heterocycles. The molecule has 1 aliphatic rings. The molecule has 0 radical (unpaired) electrons. The number of imidazole rings is 1. The smallest absolute Gasteiger partial charge is 0.303 e. The van der Waals surface area contributed by atoms with Crippen molar-refractivity contribution in [1.82, 2.24) is 14.9 Å². The highest BCUT2D eigenvalue weighted by Crippen LogP contribution is 2.39. The maximum atomic E-state index is 12.4. The fourth-order valence-electron chi connectivity index (χ4n) is 6.31. The van der Waals surface area contributed by atoms with Gasteiger partial charge in [-0.3, -0.25) is 9.59 Å². The highest BCUT2D eigenvalue weighted by atomic mass is 16.7. The van der Waals surface area contributed by atoms with Crippen LogP contribution in [0.4, 0.5) is 0 Å². The first-order valence-electron chi connectivity index (χ1n) is 17.0. The zero-order chi connectivity index (χ0) is 34.0. The fraction of sp³-hybridized carbons (Fsp3) is 0.325. The van der Waals surface area contributed by atoms with Crippen LogP contribution >= 0.6 is 0 Å². The number of hydrogen-bond acceptors (Lipinski definition) is 6. The lowest BCUT2D eigenvalue weighted by Crippen LogP contribution is -2.32. The van der Waals surface area contributed by atoms with Crippen molar-refractivity contribution in [2.45, 2.75) is 83.1 Å². The maximum absolute atomic E-state index is 12.4. The summed E-state index contributed by atoms with van der Waals surface area (Å²) in [6.45, 7) is 1.08. The minimum atomic E-state index is -0.774. The van der Waals surface area contributed by atoms with Gasteiger partial charge in [-0.1, -0.05) is 91.7 Å². The molecule has 5 aromatic rings. The van der Waals surface area contributed by atoms with Crippen molar-refractivity contribution in [1.29, 1.82) is 0 Å². The average molecular weight is 662 g/mol. The molecular formula is C40H43N3O6. The first-order valence-corrected chi connectivity index (χ1v) is 17.0. The molecule has 2 heterocycles. The van der Waals surface area contributed by atoms with E-state index in [1.807, 2.05) is 73.1 Å². The number of aliphatic hydroxyl groups is 1. The van der Waals surface area contributed by atoms with Gasteiger partial charge in [-0.2, -0.15) is 0 Å². The summed E-state index contributed by atoms with van der Waals surface area (Å²) in [6, 6.07) is 32.4. The van der Waals surface area contributed by atoms with Crippen LogP contribution in [0.2, 0.25) is 0 Å². The summed E-state index contributed by atoms with van der Waals surface area (Å²) in [5.41, 5.74) is 7.95. The Labute approximate surface area is 286 Å². The number of nitrogens with one attached hydrogen (secondary N) is 1. The molecule has 0 spiro atoms. The second-order valence-electron chi connectivity index (χ2n) is 12.6. The first kappa shape index (κ1) is 34.0. The van der Waals surface area contributed by atoms with Gasteiger partial charge >= 0.3 is 5.97 Å². The van der Waals surface area contributed by atoms with E-state index in [1.54, 1.807) is 0 Å². The standard InChI is InChI=1S/C40H43N3O6/c44-26-28-14-16-31(17-15-28)37-23-34(25-43-27-42-35-10-5-6-11-36(35)43)48-40(49-37)32-20-18-30(19-21-32)33-9-7-8-29(22-33)24-41-38(45)12-3-1-2-4-13-39(46)47/h5-11,14-22,27,34,37,40,44H,1-4,12-13,23-26H2,(H,41,45)(H,46,47)/t34-,37+,40+/m0/s1. The first-order chi connectivity index (χ1) is 23.9. The molecule has 3 atom stereocenters. The number of nitrogens with zero attached hydrogens (tertiary/aromatic N) is 2. The Balaban J connectivity index is 1.10. The number of rotatable bonds is 15. The molecular weight excluding hydrogens is 618 g/mol. The number of carbonyl (C=O) groups is 2.